The summed E-state index contributed by atoms with van der Waals surface area (Å²) in [5, 5.41) is 11.0. The maximum absolute atomic E-state index is 12.3. The number of hydrogen-bond donors (Lipinski definition) is 0. The number of hydrogen-bond acceptors (Lipinski definition) is 5. The van der Waals surface area contributed by atoms with Crippen LogP contribution in [0.1, 0.15) is 20.3 Å². The summed E-state index contributed by atoms with van der Waals surface area (Å²) in [6, 6.07) is 7.32. The smallest absolute Gasteiger partial charge is 0.260 e. The highest BCUT2D eigenvalue weighted by atomic mass is 16.5. The van der Waals surface area contributed by atoms with Crippen molar-refractivity contribution in [2.45, 2.75) is 20.3 Å². The van der Waals surface area contributed by atoms with Crippen LogP contribution in [0.4, 0.5) is 0 Å². The first kappa shape index (κ1) is 15.5. The van der Waals surface area contributed by atoms with Gasteiger partial charge in [0.2, 0.25) is 0 Å². The Morgan fingerprint density at radius 2 is 1.91 bits per heavy atom. The van der Waals surface area contributed by atoms with E-state index in [-0.39, 0.29) is 12.5 Å². The van der Waals surface area contributed by atoms with Gasteiger partial charge in [-0.15, -0.1) is 5.10 Å². The fourth-order valence-corrected chi connectivity index (χ4v) is 3.08. The van der Waals surface area contributed by atoms with E-state index in [1.807, 2.05) is 29.2 Å². The summed E-state index contributed by atoms with van der Waals surface area (Å²) >= 11 is 0. The van der Waals surface area contributed by atoms with Crippen LogP contribution in [0.5, 0.6) is 5.75 Å². The number of ether oxygens (including phenoxy) is 1. The summed E-state index contributed by atoms with van der Waals surface area (Å²) < 4.78 is 7.17. The summed E-state index contributed by atoms with van der Waals surface area (Å²) in [6.45, 7) is 6.10. The molecule has 7 heteroatoms. The van der Waals surface area contributed by atoms with Crippen molar-refractivity contribution in [1.29, 1.82) is 0 Å². The topological polar surface area (TPSA) is 73.1 Å². The lowest BCUT2D eigenvalue weighted by Crippen LogP contribution is -2.44. The molecular formula is C16H21N5O2. The third-order valence-corrected chi connectivity index (χ3v) is 4.03. The first-order valence-corrected chi connectivity index (χ1v) is 7.86. The van der Waals surface area contributed by atoms with E-state index in [9.17, 15) is 4.79 Å². The second-order valence-electron chi connectivity index (χ2n) is 6.28. The number of likely N-dealkylation sites (tertiary alicyclic amines) is 1. The van der Waals surface area contributed by atoms with Crippen molar-refractivity contribution < 1.29 is 9.53 Å². The monoisotopic (exact) mass is 315 g/mol. The van der Waals surface area contributed by atoms with E-state index in [1.54, 1.807) is 4.68 Å². The van der Waals surface area contributed by atoms with Crippen molar-refractivity contribution in [3.8, 4) is 11.4 Å². The van der Waals surface area contributed by atoms with E-state index >= 15 is 0 Å². The molecule has 0 saturated carbocycles. The molecule has 1 fully saturated rings. The summed E-state index contributed by atoms with van der Waals surface area (Å²) in [7, 11) is 0. The first-order valence-electron chi connectivity index (χ1n) is 7.86. The molecule has 3 rings (SSSR count). The third kappa shape index (κ3) is 3.85. The third-order valence-electron chi connectivity index (χ3n) is 4.03. The molecule has 2 atom stereocenters. The van der Waals surface area contributed by atoms with E-state index in [0.29, 0.717) is 17.6 Å². The minimum Gasteiger partial charge on any atom is -0.484 e. The van der Waals surface area contributed by atoms with Gasteiger partial charge in [-0.05, 0) is 52.9 Å². The number of aromatic nitrogens is 4. The van der Waals surface area contributed by atoms with Crippen LogP contribution in [0.2, 0.25) is 0 Å². The van der Waals surface area contributed by atoms with Crippen LogP contribution in [-0.4, -0.2) is 50.7 Å². The molecular weight excluding hydrogens is 294 g/mol. The van der Waals surface area contributed by atoms with Crippen LogP contribution in [0.15, 0.2) is 30.6 Å². The van der Waals surface area contributed by atoms with Gasteiger partial charge in [0.25, 0.3) is 5.91 Å². The van der Waals surface area contributed by atoms with Gasteiger partial charge in [-0.1, -0.05) is 13.8 Å². The van der Waals surface area contributed by atoms with Crippen molar-refractivity contribution in [1.82, 2.24) is 25.1 Å². The number of rotatable bonds is 4. The summed E-state index contributed by atoms with van der Waals surface area (Å²) in [4.78, 5) is 14.2. The molecule has 0 unspecified atom stereocenters. The number of piperidine rings is 1. The van der Waals surface area contributed by atoms with Crippen LogP contribution in [-0.2, 0) is 4.79 Å². The molecule has 1 aromatic carbocycles. The van der Waals surface area contributed by atoms with Gasteiger partial charge in [0, 0.05) is 13.1 Å². The molecule has 1 amide bonds. The molecule has 0 N–H and O–H groups in total. The minimum atomic E-state index is 0.0490. The highest BCUT2D eigenvalue weighted by molar-refractivity contribution is 5.77. The summed E-state index contributed by atoms with van der Waals surface area (Å²) in [6.07, 6.45) is 2.71. The Bertz CT molecular complexity index is 631. The Labute approximate surface area is 135 Å². The van der Waals surface area contributed by atoms with E-state index in [0.717, 1.165) is 18.8 Å². The second-order valence-corrected chi connectivity index (χ2v) is 6.28. The SMILES string of the molecule is C[C@@H]1C[C@H](C)CN(C(=O)COc2ccc(-n3cnnn3)cc2)C1. The van der Waals surface area contributed by atoms with Gasteiger partial charge < -0.3 is 9.64 Å². The van der Waals surface area contributed by atoms with Crippen LogP contribution >= 0.6 is 0 Å². The summed E-state index contributed by atoms with van der Waals surface area (Å²) in [5.41, 5.74) is 0.840. The van der Waals surface area contributed by atoms with Gasteiger partial charge in [-0.3, -0.25) is 4.79 Å². The van der Waals surface area contributed by atoms with E-state index in [2.05, 4.69) is 29.4 Å². The Kier molecular flexibility index (Phi) is 4.55. The van der Waals surface area contributed by atoms with Crippen molar-refractivity contribution in [3.05, 3.63) is 30.6 Å². The molecule has 0 radical (unpaired) electrons. The van der Waals surface area contributed by atoms with Gasteiger partial charge in [0.05, 0.1) is 5.69 Å². The molecule has 7 nitrogen and oxygen atoms in total. The highest BCUT2D eigenvalue weighted by Gasteiger charge is 2.25. The quantitative estimate of drug-likeness (QED) is 0.856. The maximum Gasteiger partial charge on any atom is 0.260 e. The van der Waals surface area contributed by atoms with E-state index in [1.165, 1.54) is 12.7 Å². The number of carbonyl (C=O) groups excluding carboxylic acids is 1. The molecule has 0 bridgehead atoms. The van der Waals surface area contributed by atoms with Crippen LogP contribution in [0.25, 0.3) is 5.69 Å². The predicted octanol–water partition coefficient (Wildman–Crippen LogP) is 1.55. The molecule has 2 heterocycles. The van der Waals surface area contributed by atoms with Gasteiger partial charge in [-0.2, -0.15) is 0 Å². The Morgan fingerprint density at radius 1 is 1.22 bits per heavy atom. The molecule has 2 aromatic rings. The maximum atomic E-state index is 12.3. The lowest BCUT2D eigenvalue weighted by Gasteiger charge is -2.34. The highest BCUT2D eigenvalue weighted by Crippen LogP contribution is 2.21. The van der Waals surface area contributed by atoms with Crippen LogP contribution in [0, 0.1) is 11.8 Å². The minimum absolute atomic E-state index is 0.0490. The van der Waals surface area contributed by atoms with Gasteiger partial charge in [0.15, 0.2) is 6.61 Å². The average Bonchev–Trinajstić information content (AvgIpc) is 3.06. The molecule has 0 aliphatic carbocycles. The molecule has 1 saturated heterocycles. The number of benzene rings is 1. The molecule has 1 aliphatic rings. The van der Waals surface area contributed by atoms with Gasteiger partial charge in [-0.25, -0.2) is 4.68 Å². The largest absolute Gasteiger partial charge is 0.484 e. The van der Waals surface area contributed by atoms with E-state index < -0.39 is 0 Å². The molecule has 0 spiro atoms. The number of amides is 1. The number of carbonyl (C=O) groups is 1. The second kappa shape index (κ2) is 6.76. The Balaban J connectivity index is 1.54. The zero-order chi connectivity index (χ0) is 16.2. The fraction of sp³-hybridized carbons (Fsp3) is 0.500. The fourth-order valence-electron chi connectivity index (χ4n) is 3.08. The van der Waals surface area contributed by atoms with Crippen molar-refractivity contribution in [3.63, 3.8) is 0 Å². The molecule has 122 valence electrons. The lowest BCUT2D eigenvalue weighted by atomic mass is 9.92. The van der Waals surface area contributed by atoms with Crippen LogP contribution < -0.4 is 4.74 Å². The normalized spacial score (nSPS) is 21.2. The van der Waals surface area contributed by atoms with Gasteiger partial charge >= 0.3 is 0 Å². The number of nitrogens with zero attached hydrogens (tertiary/aromatic N) is 5. The van der Waals surface area contributed by atoms with E-state index in [4.69, 9.17) is 4.74 Å². The zero-order valence-electron chi connectivity index (χ0n) is 13.4. The van der Waals surface area contributed by atoms with Crippen molar-refractivity contribution in [2.24, 2.45) is 11.8 Å². The molecule has 1 aliphatic heterocycles. The van der Waals surface area contributed by atoms with Crippen LogP contribution in [0.3, 0.4) is 0 Å². The lowest BCUT2D eigenvalue weighted by molar-refractivity contribution is -0.136. The molecule has 23 heavy (non-hydrogen) atoms. The summed E-state index contributed by atoms with van der Waals surface area (Å²) in [5.74, 6) is 1.82. The first-order chi connectivity index (χ1) is 11.1. The average molecular weight is 315 g/mol. The van der Waals surface area contributed by atoms with Gasteiger partial charge in [0.1, 0.15) is 12.1 Å². The zero-order valence-corrected chi connectivity index (χ0v) is 13.4. The van der Waals surface area contributed by atoms with Crippen molar-refractivity contribution in [2.75, 3.05) is 19.7 Å². The Morgan fingerprint density at radius 3 is 2.52 bits per heavy atom. The Hall–Kier alpha value is -2.44. The number of tetrazole rings is 1. The van der Waals surface area contributed by atoms with Crippen molar-refractivity contribution >= 4 is 5.91 Å². The molecule has 1 aromatic heterocycles. The predicted molar refractivity (Wildman–Crippen MR) is 84.2 cm³/mol. The standard InChI is InChI=1S/C16H21N5O2/c1-12-7-13(2)9-20(8-12)16(22)10-23-15-5-3-14(4-6-15)21-11-17-18-19-21/h3-6,11-13H,7-10H2,1-2H3/t12-,13+.